The van der Waals surface area contributed by atoms with E-state index in [4.69, 9.17) is 4.74 Å². The Labute approximate surface area is 122 Å². The van der Waals surface area contributed by atoms with Crippen LogP contribution in [0.2, 0.25) is 0 Å². The van der Waals surface area contributed by atoms with Gasteiger partial charge in [0.1, 0.15) is 0 Å². The fourth-order valence-electron chi connectivity index (χ4n) is 1.26. The van der Waals surface area contributed by atoms with Crippen LogP contribution in [0.4, 0.5) is 0 Å². The van der Waals surface area contributed by atoms with Gasteiger partial charge in [-0.05, 0) is 18.7 Å². The summed E-state index contributed by atoms with van der Waals surface area (Å²) < 4.78 is 4.78. The van der Waals surface area contributed by atoms with E-state index < -0.39 is 0 Å². The lowest BCUT2D eigenvalue weighted by Crippen LogP contribution is -2.22. The number of rotatable bonds is 4. The molecule has 20 heavy (non-hydrogen) atoms. The van der Waals surface area contributed by atoms with E-state index in [1.807, 2.05) is 31.4 Å². The fraction of sp³-hybridized carbons (Fsp3) is 0.214. The highest BCUT2D eigenvalue weighted by atomic mass is 32.1. The highest BCUT2D eigenvalue weighted by molar-refractivity contribution is 7.12. The molecule has 0 aliphatic rings. The Bertz CT molecular complexity index is 567. The molecule has 0 unspecified atom stereocenters. The first kappa shape index (κ1) is 15.8. The molecule has 106 valence electrons. The van der Waals surface area contributed by atoms with Crippen LogP contribution in [0, 0.1) is 0 Å². The van der Waals surface area contributed by atoms with Crippen LogP contribution < -0.4 is 5.32 Å². The first-order chi connectivity index (χ1) is 9.70. The average Bonchev–Trinajstić information content (AvgIpc) is 3.00. The van der Waals surface area contributed by atoms with E-state index >= 15 is 0 Å². The van der Waals surface area contributed by atoms with Crippen molar-refractivity contribution in [3.8, 4) is 11.3 Å². The molecule has 6 heteroatoms. The molecular formula is C14H17N3O2S. The first-order valence-electron chi connectivity index (χ1n) is 6.11. The summed E-state index contributed by atoms with van der Waals surface area (Å²) in [5.41, 5.74) is 1.67. The summed E-state index contributed by atoms with van der Waals surface area (Å²) >= 11 is 1.26. The smallest absolute Gasteiger partial charge is 0.286 e. The fourth-order valence-corrected chi connectivity index (χ4v) is 1.99. The number of carbonyl (C=O) groups is 1. The second kappa shape index (κ2) is 8.06. The van der Waals surface area contributed by atoms with Crippen LogP contribution in [-0.4, -0.2) is 23.0 Å². The van der Waals surface area contributed by atoms with E-state index in [1.54, 1.807) is 12.4 Å². The molecular weight excluding hydrogens is 274 g/mol. The number of nitrogens with one attached hydrogen (secondary N) is 1. The minimum atomic E-state index is -0.327. The lowest BCUT2D eigenvalue weighted by atomic mass is 10.2. The van der Waals surface area contributed by atoms with E-state index in [0.717, 1.165) is 11.3 Å². The van der Waals surface area contributed by atoms with Crippen LogP contribution >= 0.6 is 11.3 Å². The third kappa shape index (κ3) is 4.17. The first-order valence-corrected chi connectivity index (χ1v) is 6.99. The summed E-state index contributed by atoms with van der Waals surface area (Å²) in [5.74, 6) is -0.132. The van der Waals surface area contributed by atoms with Gasteiger partial charge in [0.05, 0.1) is 12.8 Å². The molecule has 2 aromatic heterocycles. The number of pyridine rings is 1. The predicted molar refractivity (Wildman–Crippen MR) is 80.3 cm³/mol. The molecule has 0 aliphatic heterocycles. The summed E-state index contributed by atoms with van der Waals surface area (Å²) in [6, 6.07) is 3.68. The van der Waals surface area contributed by atoms with Crippen LogP contribution in [0.3, 0.4) is 0 Å². The number of aromatic nitrogens is 2. The molecule has 0 fully saturated rings. The average molecular weight is 291 g/mol. The molecule has 0 saturated heterocycles. The van der Waals surface area contributed by atoms with Crippen molar-refractivity contribution in [2.75, 3.05) is 7.11 Å². The minimum Gasteiger partial charge on any atom is -0.483 e. The summed E-state index contributed by atoms with van der Waals surface area (Å²) in [6.45, 7) is 7.52. The molecule has 0 bridgehead atoms. The van der Waals surface area contributed by atoms with Crippen molar-refractivity contribution in [3.63, 3.8) is 0 Å². The molecule has 0 aromatic carbocycles. The molecule has 2 aromatic rings. The predicted octanol–water partition coefficient (Wildman–Crippen LogP) is 3.08. The summed E-state index contributed by atoms with van der Waals surface area (Å²) in [7, 11) is 1.44. The monoisotopic (exact) mass is 291 g/mol. The van der Waals surface area contributed by atoms with Gasteiger partial charge in [0.15, 0.2) is 10.9 Å². The molecule has 0 aliphatic carbocycles. The molecule has 2 rings (SSSR count). The van der Waals surface area contributed by atoms with Gasteiger partial charge in [0.25, 0.3) is 5.91 Å². The van der Waals surface area contributed by atoms with Crippen LogP contribution in [-0.2, 0) is 4.74 Å². The van der Waals surface area contributed by atoms with Gasteiger partial charge in [0, 0.05) is 23.3 Å². The lowest BCUT2D eigenvalue weighted by molar-refractivity contribution is 0.0936. The third-order valence-electron chi connectivity index (χ3n) is 2.17. The molecule has 2 heterocycles. The maximum Gasteiger partial charge on any atom is 0.286 e. The number of carbonyl (C=O) groups excluding carboxylic acids is 1. The summed E-state index contributed by atoms with van der Waals surface area (Å²) in [5, 5.41) is 4.67. The van der Waals surface area contributed by atoms with Gasteiger partial charge in [0.2, 0.25) is 0 Å². The van der Waals surface area contributed by atoms with E-state index in [1.165, 1.54) is 18.4 Å². The molecule has 0 radical (unpaired) electrons. The summed E-state index contributed by atoms with van der Waals surface area (Å²) in [6.07, 6.45) is 3.36. The van der Waals surface area contributed by atoms with Crippen molar-refractivity contribution < 1.29 is 9.53 Å². The molecule has 0 atom stereocenters. The number of methoxy groups -OCH3 is 1. The van der Waals surface area contributed by atoms with Gasteiger partial charge in [-0.3, -0.25) is 15.1 Å². The second-order valence-corrected chi connectivity index (χ2v) is 4.21. The van der Waals surface area contributed by atoms with E-state index in [-0.39, 0.29) is 11.8 Å². The number of hydrogen-bond acceptors (Lipinski definition) is 5. The SMILES string of the molecule is C=C(NC(=O)c1nc(-c2ccncc2)cs1)OC.CC. The van der Waals surface area contributed by atoms with Crippen molar-refractivity contribution in [3.05, 3.63) is 47.4 Å². The highest BCUT2D eigenvalue weighted by Crippen LogP contribution is 2.21. The minimum absolute atomic E-state index is 0.195. The van der Waals surface area contributed by atoms with Gasteiger partial charge >= 0.3 is 0 Å². The van der Waals surface area contributed by atoms with Gasteiger partial charge in [-0.25, -0.2) is 4.98 Å². The number of nitrogens with zero attached hydrogens (tertiary/aromatic N) is 2. The zero-order valence-corrected chi connectivity index (χ0v) is 12.5. The number of amides is 1. The largest absolute Gasteiger partial charge is 0.483 e. The van der Waals surface area contributed by atoms with Crippen LogP contribution in [0.5, 0.6) is 0 Å². The highest BCUT2D eigenvalue weighted by Gasteiger charge is 2.12. The van der Waals surface area contributed by atoms with Crippen molar-refractivity contribution in [1.29, 1.82) is 0 Å². The molecule has 0 saturated carbocycles. The standard InChI is InChI=1S/C12H11N3O2S.C2H6/c1-8(17-2)14-11(16)12-15-10(7-18-12)9-3-5-13-6-4-9;1-2/h3-7H,1H2,2H3,(H,14,16);1-2H3. The number of thiazole rings is 1. The van der Waals surface area contributed by atoms with Gasteiger partial charge in [-0.2, -0.15) is 0 Å². The van der Waals surface area contributed by atoms with E-state index in [2.05, 4.69) is 21.9 Å². The maximum absolute atomic E-state index is 11.7. The molecule has 5 nitrogen and oxygen atoms in total. The van der Waals surface area contributed by atoms with Gasteiger partial charge in [-0.15, -0.1) is 11.3 Å². The molecule has 1 N–H and O–H groups in total. The Kier molecular flexibility index (Phi) is 6.39. The third-order valence-corrected chi connectivity index (χ3v) is 3.01. The Morgan fingerprint density at radius 2 is 2.00 bits per heavy atom. The Hall–Kier alpha value is -2.21. The van der Waals surface area contributed by atoms with Crippen molar-refractivity contribution in [1.82, 2.24) is 15.3 Å². The molecule has 0 spiro atoms. The van der Waals surface area contributed by atoms with E-state index in [9.17, 15) is 4.79 Å². The molecule has 1 amide bonds. The Morgan fingerprint density at radius 3 is 2.60 bits per heavy atom. The zero-order valence-electron chi connectivity index (χ0n) is 11.7. The van der Waals surface area contributed by atoms with Crippen LogP contribution in [0.1, 0.15) is 23.6 Å². The zero-order chi connectivity index (χ0) is 15.0. The van der Waals surface area contributed by atoms with Crippen molar-refractivity contribution in [2.24, 2.45) is 0 Å². The van der Waals surface area contributed by atoms with E-state index in [0.29, 0.717) is 5.01 Å². The lowest BCUT2D eigenvalue weighted by Gasteiger charge is -2.03. The van der Waals surface area contributed by atoms with Crippen LogP contribution in [0.25, 0.3) is 11.3 Å². The van der Waals surface area contributed by atoms with Gasteiger partial charge in [-0.1, -0.05) is 13.8 Å². The Morgan fingerprint density at radius 1 is 1.35 bits per heavy atom. The van der Waals surface area contributed by atoms with Crippen molar-refractivity contribution >= 4 is 17.2 Å². The number of hydrogen-bond donors (Lipinski definition) is 1. The number of ether oxygens (including phenoxy) is 1. The topological polar surface area (TPSA) is 64.1 Å². The quantitative estimate of drug-likeness (QED) is 0.879. The summed E-state index contributed by atoms with van der Waals surface area (Å²) in [4.78, 5) is 19.9. The van der Waals surface area contributed by atoms with Crippen LogP contribution in [0.15, 0.2) is 42.4 Å². The van der Waals surface area contributed by atoms with Gasteiger partial charge < -0.3 is 4.74 Å². The van der Waals surface area contributed by atoms with Crippen molar-refractivity contribution in [2.45, 2.75) is 13.8 Å². The maximum atomic E-state index is 11.7. The second-order valence-electron chi connectivity index (χ2n) is 3.36. The Balaban J connectivity index is 0.000000956. The normalized spacial score (nSPS) is 9.15.